The molecule has 0 bridgehead atoms. The number of ether oxygens (including phenoxy) is 1. The second kappa shape index (κ2) is 5.36. The second-order valence-corrected chi connectivity index (χ2v) is 3.10. The zero-order valence-corrected chi connectivity index (χ0v) is 7.38. The highest BCUT2D eigenvalue weighted by Crippen LogP contribution is 2.15. The molecule has 1 saturated heterocycles. The van der Waals surface area contributed by atoms with Crippen LogP contribution in [0.15, 0.2) is 12.2 Å². The van der Waals surface area contributed by atoms with Gasteiger partial charge in [0, 0.05) is 6.61 Å². The quantitative estimate of drug-likeness (QED) is 0.568. The average Bonchev–Trinajstić information content (AvgIpc) is 2.07. The minimum absolute atomic E-state index is 0.520. The van der Waals surface area contributed by atoms with E-state index in [0.29, 0.717) is 6.10 Å². The van der Waals surface area contributed by atoms with E-state index in [9.17, 15) is 0 Å². The Kier molecular flexibility index (Phi) is 4.29. The van der Waals surface area contributed by atoms with Gasteiger partial charge in [-0.3, -0.25) is 0 Å². The van der Waals surface area contributed by atoms with Gasteiger partial charge in [0.25, 0.3) is 0 Å². The molecule has 1 unspecified atom stereocenters. The van der Waals surface area contributed by atoms with E-state index in [4.69, 9.17) is 4.74 Å². The highest BCUT2D eigenvalue weighted by molar-refractivity contribution is 4.84. The Labute approximate surface area is 69.4 Å². The molecule has 1 rings (SSSR count). The monoisotopic (exact) mass is 154 g/mol. The molecule has 64 valence electrons. The Balaban J connectivity index is 2.09. The van der Waals surface area contributed by atoms with Gasteiger partial charge in [-0.25, -0.2) is 0 Å². The summed E-state index contributed by atoms with van der Waals surface area (Å²) in [6.07, 6.45) is 11.1. The van der Waals surface area contributed by atoms with Crippen LogP contribution in [0.4, 0.5) is 0 Å². The van der Waals surface area contributed by atoms with Crippen LogP contribution in [0.5, 0.6) is 0 Å². The molecule has 11 heavy (non-hydrogen) atoms. The van der Waals surface area contributed by atoms with Crippen LogP contribution in [-0.2, 0) is 4.74 Å². The van der Waals surface area contributed by atoms with Gasteiger partial charge >= 0.3 is 0 Å². The predicted octanol–water partition coefficient (Wildman–Crippen LogP) is 2.91. The van der Waals surface area contributed by atoms with E-state index in [1.165, 1.54) is 19.3 Å². The van der Waals surface area contributed by atoms with Crippen molar-refractivity contribution in [3.63, 3.8) is 0 Å². The van der Waals surface area contributed by atoms with Gasteiger partial charge in [0.2, 0.25) is 0 Å². The second-order valence-electron chi connectivity index (χ2n) is 3.10. The predicted molar refractivity (Wildman–Crippen MR) is 47.6 cm³/mol. The molecule has 1 aliphatic rings. The molecule has 0 aliphatic carbocycles. The Morgan fingerprint density at radius 3 is 2.91 bits per heavy atom. The summed E-state index contributed by atoms with van der Waals surface area (Å²) in [5, 5.41) is 0. The Morgan fingerprint density at radius 1 is 1.36 bits per heavy atom. The largest absolute Gasteiger partial charge is 0.378 e. The van der Waals surface area contributed by atoms with Crippen molar-refractivity contribution in [2.24, 2.45) is 0 Å². The third-order valence-corrected chi connectivity index (χ3v) is 2.08. The highest BCUT2D eigenvalue weighted by atomic mass is 16.5. The number of hydrogen-bond donors (Lipinski definition) is 0. The lowest BCUT2D eigenvalue weighted by molar-refractivity contribution is 0.0184. The summed E-state index contributed by atoms with van der Waals surface area (Å²) in [5.41, 5.74) is 0. The van der Waals surface area contributed by atoms with Gasteiger partial charge in [-0.1, -0.05) is 19.1 Å². The third kappa shape index (κ3) is 3.57. The van der Waals surface area contributed by atoms with Crippen LogP contribution in [0.2, 0.25) is 0 Å². The molecule has 0 spiro atoms. The first-order chi connectivity index (χ1) is 5.43. The third-order valence-electron chi connectivity index (χ3n) is 2.08. The van der Waals surface area contributed by atoms with Gasteiger partial charge in [0.1, 0.15) is 0 Å². The molecule has 0 radical (unpaired) electrons. The zero-order chi connectivity index (χ0) is 7.94. The molecule has 1 nitrogen and oxygen atoms in total. The van der Waals surface area contributed by atoms with E-state index < -0.39 is 0 Å². The molecule has 0 amide bonds. The standard InChI is InChI=1S/C10H18O/c1-2-3-4-7-10-8-5-6-9-11-10/h3-4,10H,2,5-9H2,1H3/b4-3-. The lowest BCUT2D eigenvalue weighted by Crippen LogP contribution is -2.17. The van der Waals surface area contributed by atoms with Crippen LogP contribution in [0, 0.1) is 0 Å². The summed E-state index contributed by atoms with van der Waals surface area (Å²) in [7, 11) is 0. The highest BCUT2D eigenvalue weighted by Gasteiger charge is 2.10. The van der Waals surface area contributed by atoms with Crippen molar-refractivity contribution in [3.8, 4) is 0 Å². The van der Waals surface area contributed by atoms with Crippen LogP contribution >= 0.6 is 0 Å². The van der Waals surface area contributed by atoms with E-state index in [1.54, 1.807) is 0 Å². The summed E-state index contributed by atoms with van der Waals surface area (Å²) in [5.74, 6) is 0. The summed E-state index contributed by atoms with van der Waals surface area (Å²) in [6, 6.07) is 0. The fraction of sp³-hybridized carbons (Fsp3) is 0.800. The van der Waals surface area contributed by atoms with Gasteiger partial charge in [0.05, 0.1) is 6.10 Å². The van der Waals surface area contributed by atoms with Crippen molar-refractivity contribution >= 4 is 0 Å². The Morgan fingerprint density at radius 2 is 2.27 bits per heavy atom. The first kappa shape index (κ1) is 8.79. The summed E-state index contributed by atoms with van der Waals surface area (Å²) >= 11 is 0. The van der Waals surface area contributed by atoms with Gasteiger partial charge in [-0.15, -0.1) is 0 Å². The molecular formula is C10H18O. The van der Waals surface area contributed by atoms with E-state index in [2.05, 4.69) is 19.1 Å². The molecule has 0 saturated carbocycles. The minimum atomic E-state index is 0.520. The van der Waals surface area contributed by atoms with Crippen LogP contribution in [0.3, 0.4) is 0 Å². The molecule has 1 atom stereocenters. The van der Waals surface area contributed by atoms with Gasteiger partial charge in [0.15, 0.2) is 0 Å². The summed E-state index contributed by atoms with van der Waals surface area (Å²) in [6.45, 7) is 3.14. The van der Waals surface area contributed by atoms with Gasteiger partial charge < -0.3 is 4.74 Å². The zero-order valence-electron chi connectivity index (χ0n) is 7.38. The first-order valence-corrected chi connectivity index (χ1v) is 4.70. The maximum absolute atomic E-state index is 5.57. The molecule has 1 fully saturated rings. The van der Waals surface area contributed by atoms with Crippen LogP contribution in [0.1, 0.15) is 39.0 Å². The molecule has 1 aliphatic heterocycles. The maximum atomic E-state index is 5.57. The smallest absolute Gasteiger partial charge is 0.0609 e. The SMILES string of the molecule is CC/C=C\CC1CCCCO1. The molecular weight excluding hydrogens is 136 g/mol. The van der Waals surface area contributed by atoms with Gasteiger partial charge in [-0.2, -0.15) is 0 Å². The molecule has 1 heteroatoms. The lowest BCUT2D eigenvalue weighted by Gasteiger charge is -2.20. The Bertz CT molecular complexity index is 112. The fourth-order valence-corrected chi connectivity index (χ4v) is 1.41. The number of allylic oxidation sites excluding steroid dienone is 1. The summed E-state index contributed by atoms with van der Waals surface area (Å²) in [4.78, 5) is 0. The maximum Gasteiger partial charge on any atom is 0.0609 e. The van der Waals surface area contributed by atoms with E-state index in [0.717, 1.165) is 19.4 Å². The molecule has 0 aromatic rings. The first-order valence-electron chi connectivity index (χ1n) is 4.70. The van der Waals surface area contributed by atoms with Crippen molar-refractivity contribution < 1.29 is 4.74 Å². The number of hydrogen-bond acceptors (Lipinski definition) is 1. The van der Waals surface area contributed by atoms with Crippen molar-refractivity contribution in [3.05, 3.63) is 12.2 Å². The molecule has 0 N–H and O–H groups in total. The topological polar surface area (TPSA) is 9.23 Å². The molecule has 1 heterocycles. The number of rotatable bonds is 3. The van der Waals surface area contributed by atoms with E-state index in [1.807, 2.05) is 0 Å². The van der Waals surface area contributed by atoms with Crippen LogP contribution in [0.25, 0.3) is 0 Å². The van der Waals surface area contributed by atoms with Crippen molar-refractivity contribution in [1.29, 1.82) is 0 Å². The summed E-state index contributed by atoms with van der Waals surface area (Å²) < 4.78 is 5.57. The van der Waals surface area contributed by atoms with E-state index >= 15 is 0 Å². The van der Waals surface area contributed by atoms with Crippen molar-refractivity contribution in [1.82, 2.24) is 0 Å². The average molecular weight is 154 g/mol. The van der Waals surface area contributed by atoms with Gasteiger partial charge in [-0.05, 0) is 32.1 Å². The van der Waals surface area contributed by atoms with E-state index in [-0.39, 0.29) is 0 Å². The van der Waals surface area contributed by atoms with Crippen LogP contribution in [-0.4, -0.2) is 12.7 Å². The normalized spacial score (nSPS) is 26.1. The van der Waals surface area contributed by atoms with Crippen molar-refractivity contribution in [2.75, 3.05) is 6.61 Å². The fourth-order valence-electron chi connectivity index (χ4n) is 1.41. The van der Waals surface area contributed by atoms with Crippen LogP contribution < -0.4 is 0 Å². The lowest BCUT2D eigenvalue weighted by atomic mass is 10.1. The Hall–Kier alpha value is -0.300. The minimum Gasteiger partial charge on any atom is -0.378 e. The van der Waals surface area contributed by atoms with Crippen molar-refractivity contribution in [2.45, 2.75) is 45.1 Å². The molecule has 0 aromatic carbocycles. The molecule has 0 aromatic heterocycles.